The van der Waals surface area contributed by atoms with Crippen LogP contribution >= 0.6 is 11.6 Å². The third-order valence-electron chi connectivity index (χ3n) is 2.94. The molecule has 0 atom stereocenters. The average molecular weight is 275 g/mol. The Bertz CT molecular complexity index is 561. The first-order valence-corrected chi connectivity index (χ1v) is 6.48. The van der Waals surface area contributed by atoms with Crippen LogP contribution in [0.25, 0.3) is 0 Å². The van der Waals surface area contributed by atoms with Crippen LogP contribution in [-0.4, -0.2) is 12.9 Å². The lowest BCUT2D eigenvalue weighted by atomic mass is 10.0. The van der Waals surface area contributed by atoms with Crippen molar-refractivity contribution in [1.29, 1.82) is 0 Å². The lowest BCUT2D eigenvalue weighted by molar-refractivity contribution is 0.0983. The molecule has 98 valence electrons. The van der Waals surface area contributed by atoms with E-state index in [-0.39, 0.29) is 5.78 Å². The van der Waals surface area contributed by atoms with E-state index in [0.29, 0.717) is 23.4 Å². The minimum Gasteiger partial charge on any atom is -0.497 e. The summed E-state index contributed by atoms with van der Waals surface area (Å²) in [6.45, 7) is 0. The predicted octanol–water partition coefficient (Wildman–Crippen LogP) is 4.16. The number of carbonyl (C=O) groups is 1. The Labute approximate surface area is 118 Å². The Morgan fingerprint density at radius 2 is 1.89 bits per heavy atom. The van der Waals surface area contributed by atoms with E-state index in [9.17, 15) is 4.79 Å². The number of benzene rings is 2. The van der Waals surface area contributed by atoms with Crippen LogP contribution in [0.3, 0.4) is 0 Å². The molecule has 0 aliphatic heterocycles. The van der Waals surface area contributed by atoms with Crippen molar-refractivity contribution >= 4 is 17.4 Å². The van der Waals surface area contributed by atoms with Crippen molar-refractivity contribution < 1.29 is 9.53 Å². The van der Waals surface area contributed by atoms with Gasteiger partial charge in [0, 0.05) is 17.0 Å². The molecule has 2 aromatic rings. The molecule has 2 nitrogen and oxygen atoms in total. The molecule has 0 bridgehead atoms. The van der Waals surface area contributed by atoms with Gasteiger partial charge < -0.3 is 4.74 Å². The molecule has 2 aromatic carbocycles. The number of hydrogen-bond acceptors (Lipinski definition) is 2. The number of ether oxygens (including phenoxy) is 1. The second-order valence-electron chi connectivity index (χ2n) is 4.28. The highest BCUT2D eigenvalue weighted by Crippen LogP contribution is 2.15. The van der Waals surface area contributed by atoms with Gasteiger partial charge in [0.25, 0.3) is 0 Å². The topological polar surface area (TPSA) is 26.3 Å². The summed E-state index contributed by atoms with van der Waals surface area (Å²) in [7, 11) is 1.61. The van der Waals surface area contributed by atoms with Crippen LogP contribution in [0.2, 0.25) is 5.02 Å². The minimum absolute atomic E-state index is 0.127. The third-order valence-corrected chi connectivity index (χ3v) is 3.18. The van der Waals surface area contributed by atoms with Crippen LogP contribution in [0.5, 0.6) is 5.75 Å². The van der Waals surface area contributed by atoms with Crippen molar-refractivity contribution in [3.63, 3.8) is 0 Å². The lowest BCUT2D eigenvalue weighted by Gasteiger charge is -2.04. The molecule has 0 saturated carbocycles. The van der Waals surface area contributed by atoms with Crippen LogP contribution in [0.15, 0.2) is 48.5 Å². The first kappa shape index (κ1) is 13.6. The van der Waals surface area contributed by atoms with Crippen LogP contribution in [0, 0.1) is 0 Å². The van der Waals surface area contributed by atoms with E-state index in [0.717, 1.165) is 11.3 Å². The molecule has 0 fully saturated rings. The van der Waals surface area contributed by atoms with E-state index in [4.69, 9.17) is 16.3 Å². The first-order chi connectivity index (χ1) is 9.19. The summed E-state index contributed by atoms with van der Waals surface area (Å²) in [5.74, 6) is 0.883. The molecule has 0 amide bonds. The monoisotopic (exact) mass is 274 g/mol. The Kier molecular flexibility index (Phi) is 4.58. The predicted molar refractivity (Wildman–Crippen MR) is 77.1 cm³/mol. The van der Waals surface area contributed by atoms with Crippen LogP contribution in [0.1, 0.15) is 22.3 Å². The maximum Gasteiger partial charge on any atom is 0.163 e. The van der Waals surface area contributed by atoms with E-state index in [1.54, 1.807) is 31.4 Å². The molecule has 0 saturated heterocycles. The zero-order valence-electron chi connectivity index (χ0n) is 10.7. The van der Waals surface area contributed by atoms with E-state index in [1.165, 1.54) is 0 Å². The van der Waals surface area contributed by atoms with Crippen LogP contribution in [-0.2, 0) is 6.42 Å². The van der Waals surface area contributed by atoms with Gasteiger partial charge in [-0.25, -0.2) is 0 Å². The summed E-state index contributed by atoms with van der Waals surface area (Å²) in [6.07, 6.45) is 1.18. The number of methoxy groups -OCH3 is 1. The van der Waals surface area contributed by atoms with Gasteiger partial charge in [-0.3, -0.25) is 4.79 Å². The summed E-state index contributed by atoms with van der Waals surface area (Å²) in [4.78, 5) is 12.0. The lowest BCUT2D eigenvalue weighted by Crippen LogP contribution is -2.01. The van der Waals surface area contributed by atoms with Gasteiger partial charge in [0.15, 0.2) is 5.78 Å². The fourth-order valence-corrected chi connectivity index (χ4v) is 2.08. The summed E-state index contributed by atoms with van der Waals surface area (Å²) in [6, 6.07) is 14.8. The number of aryl methyl sites for hydroxylation is 1. The largest absolute Gasteiger partial charge is 0.497 e. The van der Waals surface area contributed by atoms with Gasteiger partial charge in [-0.05, 0) is 48.4 Å². The van der Waals surface area contributed by atoms with E-state index >= 15 is 0 Å². The molecule has 0 aromatic heterocycles. The molecule has 19 heavy (non-hydrogen) atoms. The Morgan fingerprint density at radius 1 is 1.16 bits per heavy atom. The molecule has 0 spiro atoms. The quantitative estimate of drug-likeness (QED) is 0.765. The zero-order valence-corrected chi connectivity index (χ0v) is 11.5. The number of rotatable bonds is 5. The van der Waals surface area contributed by atoms with Gasteiger partial charge in [-0.15, -0.1) is 0 Å². The van der Waals surface area contributed by atoms with Crippen LogP contribution < -0.4 is 4.74 Å². The van der Waals surface area contributed by atoms with E-state index in [1.807, 2.05) is 24.3 Å². The zero-order chi connectivity index (χ0) is 13.7. The Hall–Kier alpha value is -1.80. The maximum absolute atomic E-state index is 12.0. The van der Waals surface area contributed by atoms with Crippen molar-refractivity contribution in [3.8, 4) is 5.75 Å². The summed E-state index contributed by atoms with van der Waals surface area (Å²) in [5, 5.41) is 0.703. The standard InChI is InChI=1S/C16H15ClO2/c1-19-15-8-6-13(7-9-15)16(18)10-5-12-3-2-4-14(17)11-12/h2-4,6-9,11H,5,10H2,1H3. The summed E-state index contributed by atoms with van der Waals surface area (Å²) >= 11 is 5.91. The van der Waals surface area contributed by atoms with E-state index in [2.05, 4.69) is 0 Å². The Morgan fingerprint density at radius 3 is 2.53 bits per heavy atom. The Balaban J connectivity index is 1.97. The van der Waals surface area contributed by atoms with Gasteiger partial charge in [-0.1, -0.05) is 23.7 Å². The van der Waals surface area contributed by atoms with Crippen molar-refractivity contribution in [2.24, 2.45) is 0 Å². The highest BCUT2D eigenvalue weighted by Gasteiger charge is 2.06. The van der Waals surface area contributed by atoms with Gasteiger partial charge in [0.2, 0.25) is 0 Å². The maximum atomic E-state index is 12.0. The molecule has 0 heterocycles. The third kappa shape index (κ3) is 3.83. The van der Waals surface area contributed by atoms with Gasteiger partial charge in [0.1, 0.15) is 5.75 Å². The van der Waals surface area contributed by atoms with Crippen molar-refractivity contribution in [1.82, 2.24) is 0 Å². The normalized spacial score (nSPS) is 10.2. The molecular formula is C16H15ClO2. The highest BCUT2D eigenvalue weighted by atomic mass is 35.5. The SMILES string of the molecule is COc1ccc(C(=O)CCc2cccc(Cl)c2)cc1. The van der Waals surface area contributed by atoms with Crippen molar-refractivity contribution in [2.75, 3.05) is 7.11 Å². The molecule has 0 aliphatic rings. The molecule has 0 radical (unpaired) electrons. The number of Topliss-reactive ketones (excluding diaryl/α,β-unsaturated/α-hetero) is 1. The second-order valence-corrected chi connectivity index (χ2v) is 4.72. The fourth-order valence-electron chi connectivity index (χ4n) is 1.87. The van der Waals surface area contributed by atoms with Gasteiger partial charge >= 0.3 is 0 Å². The number of halogens is 1. The van der Waals surface area contributed by atoms with Gasteiger partial charge in [0.05, 0.1) is 7.11 Å². The highest BCUT2D eigenvalue weighted by molar-refractivity contribution is 6.30. The van der Waals surface area contributed by atoms with Crippen molar-refractivity contribution in [3.05, 3.63) is 64.7 Å². The first-order valence-electron chi connectivity index (χ1n) is 6.11. The second kappa shape index (κ2) is 6.39. The molecule has 0 N–H and O–H groups in total. The number of ketones is 1. The molecule has 2 rings (SSSR count). The molecule has 0 aliphatic carbocycles. The molecule has 0 unspecified atom stereocenters. The summed E-state index contributed by atoms with van der Waals surface area (Å²) in [5.41, 5.74) is 1.79. The van der Waals surface area contributed by atoms with Crippen molar-refractivity contribution in [2.45, 2.75) is 12.8 Å². The van der Waals surface area contributed by atoms with Crippen LogP contribution in [0.4, 0.5) is 0 Å². The molecular weight excluding hydrogens is 260 g/mol. The molecule has 3 heteroatoms. The number of hydrogen-bond donors (Lipinski definition) is 0. The average Bonchev–Trinajstić information content (AvgIpc) is 2.45. The van der Waals surface area contributed by atoms with E-state index < -0.39 is 0 Å². The van der Waals surface area contributed by atoms with Gasteiger partial charge in [-0.2, -0.15) is 0 Å². The summed E-state index contributed by atoms with van der Waals surface area (Å²) < 4.78 is 5.07. The fraction of sp³-hybridized carbons (Fsp3) is 0.188. The number of carbonyl (C=O) groups excluding carboxylic acids is 1. The minimum atomic E-state index is 0.127. The smallest absolute Gasteiger partial charge is 0.163 e.